The minimum absolute atomic E-state index is 0.000157. The summed E-state index contributed by atoms with van der Waals surface area (Å²) < 4.78 is 5.57. The minimum atomic E-state index is -0.111. The maximum absolute atomic E-state index is 12.8. The largest absolute Gasteiger partial charge is 0.495 e. The number of carbonyl (C=O) groups is 3. The van der Waals surface area contributed by atoms with Crippen LogP contribution in [0.3, 0.4) is 0 Å². The number of ketones is 1. The molecule has 0 bridgehead atoms. The zero-order valence-corrected chi connectivity index (χ0v) is 19.0. The van der Waals surface area contributed by atoms with E-state index in [4.69, 9.17) is 4.74 Å². The summed E-state index contributed by atoms with van der Waals surface area (Å²) in [6.07, 6.45) is 4.24. The fraction of sp³-hybridized carbons (Fsp3) is 0.440. The predicted molar refractivity (Wildman–Crippen MR) is 123 cm³/mol. The zero-order chi connectivity index (χ0) is 23.1. The quantitative estimate of drug-likeness (QED) is 0.700. The highest BCUT2D eigenvalue weighted by Gasteiger charge is 2.33. The third-order valence-corrected chi connectivity index (χ3v) is 6.59. The number of methoxy groups -OCH3 is 1. The van der Waals surface area contributed by atoms with Gasteiger partial charge in [0.2, 0.25) is 0 Å². The standard InChI is InChI=1S/C25H28N4O4/c1-28-14-20-23(25(28)32)19(12-17(26-20)13-21(30)15-5-6-15)27-18-8-7-16(11-22(18)33-2)24(31)29-9-3-4-10-29/h7-8,11-12,15H,3-6,9-10,13-14H2,1-2H3,(H,26,27). The average molecular weight is 449 g/mol. The van der Waals surface area contributed by atoms with Gasteiger partial charge in [0.05, 0.1) is 42.0 Å². The van der Waals surface area contributed by atoms with Crippen molar-refractivity contribution >= 4 is 29.0 Å². The zero-order valence-electron chi connectivity index (χ0n) is 19.0. The number of nitrogens with zero attached hydrogens (tertiary/aromatic N) is 3. The van der Waals surface area contributed by atoms with E-state index in [-0.39, 0.29) is 29.9 Å². The average Bonchev–Trinajstić information content (AvgIpc) is 3.44. The summed E-state index contributed by atoms with van der Waals surface area (Å²) in [5.41, 5.74) is 3.67. The number of likely N-dealkylation sites (tertiary alicyclic amines) is 1. The molecule has 0 unspecified atom stereocenters. The van der Waals surface area contributed by atoms with Gasteiger partial charge in [0.25, 0.3) is 11.8 Å². The van der Waals surface area contributed by atoms with Crippen LogP contribution in [-0.2, 0) is 17.8 Å². The first-order valence-electron chi connectivity index (χ1n) is 11.5. The van der Waals surface area contributed by atoms with Gasteiger partial charge in [-0.3, -0.25) is 19.4 Å². The lowest BCUT2D eigenvalue weighted by atomic mass is 10.1. The van der Waals surface area contributed by atoms with Gasteiger partial charge in [-0.25, -0.2) is 0 Å². The van der Waals surface area contributed by atoms with Crippen LogP contribution in [0, 0.1) is 5.92 Å². The number of pyridine rings is 1. The summed E-state index contributed by atoms with van der Waals surface area (Å²) >= 11 is 0. The van der Waals surface area contributed by atoms with Gasteiger partial charge in [0, 0.05) is 38.0 Å². The second-order valence-electron chi connectivity index (χ2n) is 9.10. The molecule has 2 fully saturated rings. The molecule has 5 rings (SSSR count). The lowest BCUT2D eigenvalue weighted by Crippen LogP contribution is -2.27. The molecule has 0 spiro atoms. The number of fused-ring (bicyclic) bond motifs is 1. The highest BCUT2D eigenvalue weighted by atomic mass is 16.5. The first-order chi connectivity index (χ1) is 15.9. The van der Waals surface area contributed by atoms with Gasteiger partial charge in [-0.05, 0) is 49.9 Å². The van der Waals surface area contributed by atoms with Crippen LogP contribution in [0.2, 0.25) is 0 Å². The number of nitrogens with one attached hydrogen (secondary N) is 1. The van der Waals surface area contributed by atoms with Crippen LogP contribution >= 0.6 is 0 Å². The number of ether oxygens (including phenoxy) is 1. The number of benzene rings is 1. The molecule has 3 aliphatic rings. The molecule has 0 atom stereocenters. The van der Waals surface area contributed by atoms with Gasteiger partial charge >= 0.3 is 0 Å². The summed E-state index contributed by atoms with van der Waals surface area (Å²) in [4.78, 5) is 46.1. The van der Waals surface area contributed by atoms with Gasteiger partial charge in [-0.1, -0.05) is 0 Å². The molecular formula is C25H28N4O4. The SMILES string of the molecule is COc1cc(C(=O)N2CCCC2)ccc1Nc1cc(CC(=O)C2CC2)nc2c1C(=O)N(C)C2. The molecule has 1 saturated heterocycles. The van der Waals surface area contributed by atoms with Crippen LogP contribution in [0.4, 0.5) is 11.4 Å². The predicted octanol–water partition coefficient (Wildman–Crippen LogP) is 3.18. The van der Waals surface area contributed by atoms with Crippen molar-refractivity contribution in [2.75, 3.05) is 32.6 Å². The molecule has 8 heteroatoms. The van der Waals surface area contributed by atoms with E-state index in [1.165, 1.54) is 0 Å². The molecule has 33 heavy (non-hydrogen) atoms. The van der Waals surface area contributed by atoms with Gasteiger partial charge in [0.15, 0.2) is 0 Å². The highest BCUT2D eigenvalue weighted by molar-refractivity contribution is 6.04. The molecule has 1 aromatic carbocycles. The molecule has 2 aromatic rings. The Morgan fingerprint density at radius 3 is 2.61 bits per heavy atom. The first kappa shape index (κ1) is 21.4. The first-order valence-corrected chi connectivity index (χ1v) is 11.5. The molecule has 172 valence electrons. The Kier molecular flexibility index (Phi) is 5.52. The molecule has 0 radical (unpaired) electrons. The summed E-state index contributed by atoms with van der Waals surface area (Å²) in [5.74, 6) is 0.759. The fourth-order valence-corrected chi connectivity index (χ4v) is 4.59. The third kappa shape index (κ3) is 4.17. The van der Waals surface area contributed by atoms with Gasteiger partial charge in [-0.15, -0.1) is 0 Å². The minimum Gasteiger partial charge on any atom is -0.495 e. The van der Waals surface area contributed by atoms with Crippen molar-refractivity contribution in [1.82, 2.24) is 14.8 Å². The number of amides is 2. The molecular weight excluding hydrogens is 420 g/mol. The lowest BCUT2D eigenvalue weighted by molar-refractivity contribution is -0.119. The fourth-order valence-electron chi connectivity index (χ4n) is 4.59. The number of anilines is 2. The second-order valence-corrected chi connectivity index (χ2v) is 9.10. The molecule has 3 heterocycles. The van der Waals surface area contributed by atoms with Crippen molar-refractivity contribution in [3.63, 3.8) is 0 Å². The van der Waals surface area contributed by atoms with Crippen molar-refractivity contribution < 1.29 is 19.1 Å². The number of Topliss-reactive ketones (excluding diaryl/α,β-unsaturated/α-hetero) is 1. The van der Waals surface area contributed by atoms with E-state index in [0.29, 0.717) is 46.2 Å². The monoisotopic (exact) mass is 448 g/mol. The van der Waals surface area contributed by atoms with E-state index < -0.39 is 0 Å². The number of hydrogen-bond donors (Lipinski definition) is 1. The molecule has 2 amide bonds. The molecule has 1 N–H and O–H groups in total. The van der Waals surface area contributed by atoms with Crippen LogP contribution in [0.5, 0.6) is 5.75 Å². The number of aromatic nitrogens is 1. The number of hydrogen-bond acceptors (Lipinski definition) is 6. The van der Waals surface area contributed by atoms with E-state index >= 15 is 0 Å². The summed E-state index contributed by atoms with van der Waals surface area (Å²) in [6.45, 7) is 1.97. The van der Waals surface area contributed by atoms with Crippen LogP contribution in [-0.4, -0.2) is 59.6 Å². The highest BCUT2D eigenvalue weighted by Crippen LogP contribution is 2.36. The normalized spacial score (nSPS) is 17.3. The molecule has 1 aromatic heterocycles. The molecule has 2 aliphatic heterocycles. The Hall–Kier alpha value is -3.42. The lowest BCUT2D eigenvalue weighted by Gasteiger charge is -2.18. The molecule has 1 aliphatic carbocycles. The maximum Gasteiger partial charge on any atom is 0.257 e. The summed E-state index contributed by atoms with van der Waals surface area (Å²) in [6, 6.07) is 7.10. The van der Waals surface area contributed by atoms with Gasteiger partial charge in [0.1, 0.15) is 11.5 Å². The van der Waals surface area contributed by atoms with Crippen molar-refractivity contribution in [2.24, 2.45) is 5.92 Å². The van der Waals surface area contributed by atoms with Crippen molar-refractivity contribution in [3.8, 4) is 5.75 Å². The van der Waals surface area contributed by atoms with Crippen LogP contribution < -0.4 is 10.1 Å². The number of rotatable bonds is 7. The van der Waals surface area contributed by atoms with E-state index in [1.54, 1.807) is 43.3 Å². The Morgan fingerprint density at radius 1 is 1.15 bits per heavy atom. The Labute approximate surface area is 192 Å². The van der Waals surface area contributed by atoms with Crippen molar-refractivity contribution in [1.29, 1.82) is 0 Å². The van der Waals surface area contributed by atoms with Gasteiger partial charge in [-0.2, -0.15) is 0 Å². The Bertz CT molecular complexity index is 1140. The van der Waals surface area contributed by atoms with Crippen LogP contribution in [0.1, 0.15) is 57.8 Å². The van der Waals surface area contributed by atoms with Crippen molar-refractivity contribution in [3.05, 3.63) is 46.8 Å². The molecule has 1 saturated carbocycles. The van der Waals surface area contributed by atoms with Crippen LogP contribution in [0.25, 0.3) is 0 Å². The third-order valence-electron chi connectivity index (χ3n) is 6.59. The number of carbonyl (C=O) groups excluding carboxylic acids is 3. The van der Waals surface area contributed by atoms with E-state index in [2.05, 4.69) is 10.3 Å². The Morgan fingerprint density at radius 2 is 1.91 bits per heavy atom. The van der Waals surface area contributed by atoms with E-state index in [9.17, 15) is 14.4 Å². The van der Waals surface area contributed by atoms with Crippen LogP contribution in [0.15, 0.2) is 24.3 Å². The smallest absolute Gasteiger partial charge is 0.257 e. The second kappa shape index (κ2) is 8.50. The van der Waals surface area contributed by atoms with Gasteiger partial charge < -0.3 is 19.9 Å². The summed E-state index contributed by atoms with van der Waals surface area (Å²) in [5, 5.41) is 3.32. The molecule has 8 nitrogen and oxygen atoms in total. The maximum atomic E-state index is 12.8. The Balaban J connectivity index is 1.46. The summed E-state index contributed by atoms with van der Waals surface area (Å²) in [7, 11) is 3.29. The topological polar surface area (TPSA) is 91.8 Å². The van der Waals surface area contributed by atoms with E-state index in [0.717, 1.165) is 38.8 Å². The van der Waals surface area contributed by atoms with Crippen molar-refractivity contribution in [2.45, 2.75) is 38.6 Å². The van der Waals surface area contributed by atoms with E-state index in [1.807, 2.05) is 4.90 Å².